The topological polar surface area (TPSA) is 46.5 Å². The van der Waals surface area contributed by atoms with Crippen molar-refractivity contribution in [1.82, 2.24) is 0 Å². The van der Waals surface area contributed by atoms with E-state index in [-0.39, 0.29) is 11.8 Å². The molecule has 2 atom stereocenters. The number of rotatable bonds is 4. The lowest BCUT2D eigenvalue weighted by atomic mass is 9.86. The third-order valence-electron chi connectivity index (χ3n) is 3.22. The van der Waals surface area contributed by atoms with E-state index in [1.54, 1.807) is 12.1 Å². The molecule has 0 aromatic heterocycles. The first kappa shape index (κ1) is 12.4. The van der Waals surface area contributed by atoms with Crippen LogP contribution in [0.3, 0.4) is 0 Å². The maximum Gasteiger partial charge on any atom is 0.307 e. The largest absolute Gasteiger partial charge is 0.481 e. The summed E-state index contributed by atoms with van der Waals surface area (Å²) in [6.45, 7) is 1.24. The standard InChI is InChI=1S/C13H15ClO3/c14-11-3-1-9(2-4-11)7-12(13(15)16)10-5-6-17-8-10/h1-4,10,12H,5-8H2,(H,15,16). The third kappa shape index (κ3) is 3.20. The Morgan fingerprint density at radius 3 is 2.71 bits per heavy atom. The van der Waals surface area contributed by atoms with Crippen LogP contribution < -0.4 is 0 Å². The number of ether oxygens (including phenoxy) is 1. The van der Waals surface area contributed by atoms with Crippen molar-refractivity contribution in [3.05, 3.63) is 34.9 Å². The molecule has 0 aliphatic carbocycles. The molecular formula is C13H15ClO3. The van der Waals surface area contributed by atoms with Crippen LogP contribution in [0.2, 0.25) is 5.02 Å². The average molecular weight is 255 g/mol. The maximum absolute atomic E-state index is 11.3. The van der Waals surface area contributed by atoms with Crippen LogP contribution in [-0.2, 0) is 16.0 Å². The molecule has 4 heteroatoms. The van der Waals surface area contributed by atoms with Gasteiger partial charge in [0, 0.05) is 11.6 Å². The van der Waals surface area contributed by atoms with Gasteiger partial charge in [0.1, 0.15) is 0 Å². The Hall–Kier alpha value is -1.06. The number of carboxylic acids is 1. The highest BCUT2D eigenvalue weighted by atomic mass is 35.5. The van der Waals surface area contributed by atoms with Crippen molar-refractivity contribution in [2.24, 2.45) is 11.8 Å². The lowest BCUT2D eigenvalue weighted by Crippen LogP contribution is -2.26. The number of benzene rings is 1. The van der Waals surface area contributed by atoms with Crippen molar-refractivity contribution in [1.29, 1.82) is 0 Å². The predicted molar refractivity (Wildman–Crippen MR) is 65.2 cm³/mol. The molecule has 1 fully saturated rings. The summed E-state index contributed by atoms with van der Waals surface area (Å²) in [7, 11) is 0. The molecule has 2 rings (SSSR count). The molecule has 0 amide bonds. The summed E-state index contributed by atoms with van der Waals surface area (Å²) in [5.41, 5.74) is 1.01. The first-order chi connectivity index (χ1) is 8.16. The van der Waals surface area contributed by atoms with Gasteiger partial charge in [-0.2, -0.15) is 0 Å². The molecule has 2 unspecified atom stereocenters. The Morgan fingerprint density at radius 2 is 2.18 bits per heavy atom. The Balaban J connectivity index is 2.06. The van der Waals surface area contributed by atoms with Crippen LogP contribution in [0, 0.1) is 11.8 Å². The molecule has 1 aromatic rings. The molecule has 1 aliphatic heterocycles. The monoisotopic (exact) mass is 254 g/mol. The third-order valence-corrected chi connectivity index (χ3v) is 3.47. The van der Waals surface area contributed by atoms with E-state index in [4.69, 9.17) is 16.3 Å². The van der Waals surface area contributed by atoms with E-state index in [1.807, 2.05) is 12.1 Å². The van der Waals surface area contributed by atoms with E-state index in [2.05, 4.69) is 0 Å². The van der Waals surface area contributed by atoms with Crippen LogP contribution in [-0.4, -0.2) is 24.3 Å². The van der Waals surface area contributed by atoms with Gasteiger partial charge in [0.05, 0.1) is 12.5 Å². The zero-order valence-electron chi connectivity index (χ0n) is 9.43. The summed E-state index contributed by atoms with van der Waals surface area (Å²) in [5.74, 6) is -0.975. The van der Waals surface area contributed by atoms with Crippen LogP contribution in [0.15, 0.2) is 24.3 Å². The van der Waals surface area contributed by atoms with Gasteiger partial charge in [0.15, 0.2) is 0 Å². The molecule has 1 heterocycles. The highest BCUT2D eigenvalue weighted by Gasteiger charge is 2.31. The van der Waals surface area contributed by atoms with Gasteiger partial charge in [-0.05, 0) is 36.5 Å². The minimum Gasteiger partial charge on any atom is -0.481 e. The van der Waals surface area contributed by atoms with Gasteiger partial charge in [-0.1, -0.05) is 23.7 Å². The molecule has 1 saturated heterocycles. The molecule has 92 valence electrons. The highest BCUT2D eigenvalue weighted by Crippen LogP contribution is 2.26. The summed E-state index contributed by atoms with van der Waals surface area (Å²) < 4.78 is 5.26. The zero-order chi connectivity index (χ0) is 12.3. The van der Waals surface area contributed by atoms with E-state index in [0.29, 0.717) is 24.7 Å². The summed E-state index contributed by atoms with van der Waals surface area (Å²) in [6, 6.07) is 7.35. The van der Waals surface area contributed by atoms with E-state index in [0.717, 1.165) is 12.0 Å². The van der Waals surface area contributed by atoms with Crippen LogP contribution in [0.4, 0.5) is 0 Å². The molecule has 3 nitrogen and oxygen atoms in total. The molecule has 0 bridgehead atoms. The first-order valence-electron chi connectivity index (χ1n) is 5.72. The smallest absolute Gasteiger partial charge is 0.307 e. The Bertz CT molecular complexity index is 382. The number of hydrogen-bond donors (Lipinski definition) is 1. The van der Waals surface area contributed by atoms with Gasteiger partial charge in [-0.25, -0.2) is 0 Å². The van der Waals surface area contributed by atoms with Gasteiger partial charge < -0.3 is 9.84 Å². The van der Waals surface area contributed by atoms with Gasteiger partial charge in [-0.3, -0.25) is 4.79 Å². The lowest BCUT2D eigenvalue weighted by Gasteiger charge is -2.17. The molecule has 17 heavy (non-hydrogen) atoms. The number of hydrogen-bond acceptors (Lipinski definition) is 2. The molecule has 1 aliphatic rings. The van der Waals surface area contributed by atoms with E-state index in [1.165, 1.54) is 0 Å². The zero-order valence-corrected chi connectivity index (χ0v) is 10.2. The lowest BCUT2D eigenvalue weighted by molar-refractivity contribution is -0.143. The summed E-state index contributed by atoms with van der Waals surface area (Å²) in [4.78, 5) is 11.3. The fourth-order valence-corrected chi connectivity index (χ4v) is 2.33. The van der Waals surface area contributed by atoms with Crippen molar-refractivity contribution in [3.63, 3.8) is 0 Å². The molecular weight excluding hydrogens is 240 g/mol. The molecule has 1 aromatic carbocycles. The fourth-order valence-electron chi connectivity index (χ4n) is 2.20. The van der Waals surface area contributed by atoms with Crippen LogP contribution in [0.1, 0.15) is 12.0 Å². The van der Waals surface area contributed by atoms with Gasteiger partial charge >= 0.3 is 5.97 Å². The van der Waals surface area contributed by atoms with Gasteiger partial charge in [0.2, 0.25) is 0 Å². The van der Waals surface area contributed by atoms with E-state index >= 15 is 0 Å². The van der Waals surface area contributed by atoms with Crippen molar-refractivity contribution in [3.8, 4) is 0 Å². The van der Waals surface area contributed by atoms with Crippen molar-refractivity contribution < 1.29 is 14.6 Å². The molecule has 0 radical (unpaired) electrons. The van der Waals surface area contributed by atoms with Crippen LogP contribution in [0.5, 0.6) is 0 Å². The average Bonchev–Trinajstić information content (AvgIpc) is 2.81. The molecule has 0 spiro atoms. The van der Waals surface area contributed by atoms with E-state index in [9.17, 15) is 9.90 Å². The van der Waals surface area contributed by atoms with Crippen LogP contribution >= 0.6 is 11.6 Å². The van der Waals surface area contributed by atoms with Crippen molar-refractivity contribution >= 4 is 17.6 Å². The minimum atomic E-state index is -0.740. The second-order valence-corrected chi connectivity index (χ2v) is 4.84. The highest BCUT2D eigenvalue weighted by molar-refractivity contribution is 6.30. The molecule has 1 N–H and O–H groups in total. The number of halogens is 1. The summed E-state index contributed by atoms with van der Waals surface area (Å²) in [6.07, 6.45) is 1.38. The normalized spacial score (nSPS) is 21.4. The second-order valence-electron chi connectivity index (χ2n) is 4.40. The Morgan fingerprint density at radius 1 is 1.47 bits per heavy atom. The van der Waals surface area contributed by atoms with Crippen LogP contribution in [0.25, 0.3) is 0 Å². The Labute approximate surface area is 105 Å². The van der Waals surface area contributed by atoms with Gasteiger partial charge in [-0.15, -0.1) is 0 Å². The van der Waals surface area contributed by atoms with E-state index < -0.39 is 5.97 Å². The number of aliphatic carboxylic acids is 1. The number of carboxylic acid groups (broad SMARTS) is 1. The first-order valence-corrected chi connectivity index (χ1v) is 6.09. The van der Waals surface area contributed by atoms with Crippen molar-refractivity contribution in [2.45, 2.75) is 12.8 Å². The summed E-state index contributed by atoms with van der Waals surface area (Å²) in [5, 5.41) is 9.94. The van der Waals surface area contributed by atoms with Gasteiger partial charge in [0.25, 0.3) is 0 Å². The predicted octanol–water partition coefficient (Wildman–Crippen LogP) is 2.62. The quantitative estimate of drug-likeness (QED) is 0.899. The Kier molecular flexibility index (Phi) is 4.02. The second kappa shape index (κ2) is 5.52. The molecule has 0 saturated carbocycles. The minimum absolute atomic E-state index is 0.128. The SMILES string of the molecule is O=C(O)C(Cc1ccc(Cl)cc1)C1CCOC1. The summed E-state index contributed by atoms with van der Waals surface area (Å²) >= 11 is 5.80. The maximum atomic E-state index is 11.3. The fraction of sp³-hybridized carbons (Fsp3) is 0.462. The number of carbonyl (C=O) groups is 1. The van der Waals surface area contributed by atoms with Crippen molar-refractivity contribution in [2.75, 3.05) is 13.2 Å².